The predicted octanol–water partition coefficient (Wildman–Crippen LogP) is 2.01. The van der Waals surface area contributed by atoms with Gasteiger partial charge in [-0.25, -0.2) is 4.99 Å². The zero-order chi connectivity index (χ0) is 18.9. The summed E-state index contributed by atoms with van der Waals surface area (Å²) in [6.07, 6.45) is 8.77. The topological polar surface area (TPSA) is 109 Å². The lowest BCUT2D eigenvalue weighted by atomic mass is 9.87. The number of guanidine groups is 2. The van der Waals surface area contributed by atoms with E-state index in [1.807, 2.05) is 17.0 Å². The number of nitrogens with one attached hydrogen (secondary N) is 1. The normalized spacial score (nSPS) is 21.6. The van der Waals surface area contributed by atoms with Gasteiger partial charge in [0.05, 0.1) is 0 Å². The molecular formula is C20H28N6O. The fraction of sp³-hybridized carbons (Fsp3) is 0.550. The molecule has 2 fully saturated rings. The quantitative estimate of drug-likeness (QED) is 0.738. The smallest absolute Gasteiger partial charge is 0.220 e. The SMILES string of the molecule is NC1=NC2(CCCCC2)N(c2ccc(CCC(=O)NC3CC3)cc2)C(N)=N1. The van der Waals surface area contributed by atoms with Gasteiger partial charge in [0, 0.05) is 18.2 Å². The number of aryl methyl sites for hydroxylation is 1. The molecule has 144 valence electrons. The molecule has 1 aromatic rings. The van der Waals surface area contributed by atoms with Gasteiger partial charge in [-0.1, -0.05) is 18.6 Å². The van der Waals surface area contributed by atoms with Crippen LogP contribution in [0.15, 0.2) is 34.3 Å². The van der Waals surface area contributed by atoms with Crippen LogP contribution < -0.4 is 21.7 Å². The lowest BCUT2D eigenvalue weighted by Gasteiger charge is -2.45. The average Bonchev–Trinajstić information content (AvgIpc) is 3.45. The van der Waals surface area contributed by atoms with E-state index in [0.717, 1.165) is 56.2 Å². The molecule has 2 saturated carbocycles. The summed E-state index contributed by atoms with van der Waals surface area (Å²) in [5.74, 6) is 0.810. The summed E-state index contributed by atoms with van der Waals surface area (Å²) in [5.41, 5.74) is 13.9. The van der Waals surface area contributed by atoms with Gasteiger partial charge in [-0.3, -0.25) is 9.69 Å². The maximum Gasteiger partial charge on any atom is 0.220 e. The summed E-state index contributed by atoms with van der Waals surface area (Å²) in [5, 5.41) is 3.03. The minimum Gasteiger partial charge on any atom is -0.369 e. The molecular weight excluding hydrogens is 340 g/mol. The lowest BCUT2D eigenvalue weighted by Crippen LogP contribution is -2.58. The first kappa shape index (κ1) is 17.8. The molecule has 0 atom stereocenters. The van der Waals surface area contributed by atoms with Crippen LogP contribution >= 0.6 is 0 Å². The molecule has 5 N–H and O–H groups in total. The third-order valence-electron chi connectivity index (χ3n) is 5.63. The van der Waals surface area contributed by atoms with E-state index in [1.54, 1.807) is 0 Å². The molecule has 7 heteroatoms. The summed E-state index contributed by atoms with van der Waals surface area (Å²) in [7, 11) is 0. The molecule has 1 amide bonds. The Balaban J connectivity index is 1.48. The summed E-state index contributed by atoms with van der Waals surface area (Å²) in [6, 6.07) is 8.63. The van der Waals surface area contributed by atoms with Crippen LogP contribution in [-0.4, -0.2) is 29.5 Å². The van der Waals surface area contributed by atoms with Gasteiger partial charge in [0.2, 0.25) is 17.8 Å². The molecule has 0 bridgehead atoms. The Morgan fingerprint density at radius 3 is 2.52 bits per heavy atom. The second-order valence-corrected chi connectivity index (χ2v) is 7.83. The highest BCUT2D eigenvalue weighted by molar-refractivity contribution is 6.05. The number of rotatable bonds is 5. The Morgan fingerprint density at radius 1 is 1.15 bits per heavy atom. The standard InChI is InChI=1S/C20H28N6O/c21-18-24-19(22)26(20(25-18)12-2-1-3-13-20)16-9-4-14(5-10-16)6-11-17(27)23-15-7-8-15/h4-5,9-10,15H,1-3,6-8,11-13H2,(H,23,27)(H4,21,22,24,25). The first-order valence-electron chi connectivity index (χ1n) is 9.94. The van der Waals surface area contributed by atoms with E-state index in [2.05, 4.69) is 22.4 Å². The van der Waals surface area contributed by atoms with Gasteiger partial charge in [0.15, 0.2) is 0 Å². The number of nitrogens with two attached hydrogens (primary N) is 2. The van der Waals surface area contributed by atoms with E-state index in [1.165, 1.54) is 6.42 Å². The highest BCUT2D eigenvalue weighted by Gasteiger charge is 2.42. The molecule has 1 spiro atoms. The van der Waals surface area contributed by atoms with E-state index in [-0.39, 0.29) is 11.9 Å². The summed E-state index contributed by atoms with van der Waals surface area (Å²) in [4.78, 5) is 22.8. The van der Waals surface area contributed by atoms with Crippen molar-refractivity contribution in [3.05, 3.63) is 29.8 Å². The second kappa shape index (κ2) is 7.21. The molecule has 0 radical (unpaired) electrons. The summed E-state index contributed by atoms with van der Waals surface area (Å²) >= 11 is 0. The maximum absolute atomic E-state index is 11.9. The maximum atomic E-state index is 11.9. The minimum absolute atomic E-state index is 0.139. The van der Waals surface area contributed by atoms with Gasteiger partial charge in [0.25, 0.3) is 0 Å². The van der Waals surface area contributed by atoms with E-state index in [4.69, 9.17) is 16.5 Å². The average molecular weight is 368 g/mol. The van der Waals surface area contributed by atoms with Crippen LogP contribution in [0.1, 0.15) is 56.9 Å². The van der Waals surface area contributed by atoms with Crippen molar-refractivity contribution in [2.45, 2.75) is 69.5 Å². The minimum atomic E-state index is -0.417. The van der Waals surface area contributed by atoms with Crippen LogP contribution in [0.25, 0.3) is 0 Å². The van der Waals surface area contributed by atoms with Crippen molar-refractivity contribution >= 4 is 23.5 Å². The first-order chi connectivity index (χ1) is 13.1. The molecule has 4 rings (SSSR count). The molecule has 27 heavy (non-hydrogen) atoms. The highest BCUT2D eigenvalue weighted by Crippen LogP contribution is 2.39. The number of hydrogen-bond donors (Lipinski definition) is 3. The Kier molecular flexibility index (Phi) is 4.76. The molecule has 0 aromatic heterocycles. The number of carbonyl (C=O) groups is 1. The van der Waals surface area contributed by atoms with Crippen molar-refractivity contribution in [1.29, 1.82) is 0 Å². The Hall–Kier alpha value is -2.57. The number of hydrogen-bond acceptors (Lipinski definition) is 6. The largest absolute Gasteiger partial charge is 0.369 e. The third-order valence-corrected chi connectivity index (χ3v) is 5.63. The molecule has 1 aromatic carbocycles. The lowest BCUT2D eigenvalue weighted by molar-refractivity contribution is -0.121. The van der Waals surface area contributed by atoms with Crippen LogP contribution in [0.5, 0.6) is 0 Å². The van der Waals surface area contributed by atoms with Crippen LogP contribution in [0.2, 0.25) is 0 Å². The fourth-order valence-corrected chi connectivity index (χ4v) is 4.09. The Morgan fingerprint density at radius 2 is 1.85 bits per heavy atom. The van der Waals surface area contributed by atoms with Crippen molar-refractivity contribution in [2.24, 2.45) is 21.5 Å². The molecule has 3 aliphatic rings. The van der Waals surface area contributed by atoms with Gasteiger partial charge in [-0.2, -0.15) is 4.99 Å². The summed E-state index contributed by atoms with van der Waals surface area (Å²) in [6.45, 7) is 0. The van der Waals surface area contributed by atoms with E-state index >= 15 is 0 Å². The molecule has 0 unspecified atom stereocenters. The van der Waals surface area contributed by atoms with Gasteiger partial charge in [-0.15, -0.1) is 0 Å². The van der Waals surface area contributed by atoms with Crippen molar-refractivity contribution in [3.63, 3.8) is 0 Å². The number of aliphatic imine (C=N–C) groups is 2. The molecule has 7 nitrogen and oxygen atoms in total. The Bertz CT molecular complexity index is 759. The van der Waals surface area contributed by atoms with E-state index < -0.39 is 5.66 Å². The fourth-order valence-electron chi connectivity index (χ4n) is 4.09. The van der Waals surface area contributed by atoms with Crippen LogP contribution in [0.3, 0.4) is 0 Å². The van der Waals surface area contributed by atoms with E-state index in [0.29, 0.717) is 18.4 Å². The van der Waals surface area contributed by atoms with Crippen molar-refractivity contribution in [1.82, 2.24) is 5.32 Å². The van der Waals surface area contributed by atoms with Crippen LogP contribution in [0, 0.1) is 0 Å². The number of anilines is 1. The van der Waals surface area contributed by atoms with Crippen molar-refractivity contribution in [3.8, 4) is 0 Å². The molecule has 0 saturated heterocycles. The summed E-state index contributed by atoms with van der Waals surface area (Å²) < 4.78 is 0. The highest BCUT2D eigenvalue weighted by atomic mass is 16.1. The zero-order valence-electron chi connectivity index (χ0n) is 15.7. The zero-order valence-corrected chi connectivity index (χ0v) is 15.7. The van der Waals surface area contributed by atoms with Gasteiger partial charge < -0.3 is 16.8 Å². The molecule has 2 aliphatic carbocycles. The van der Waals surface area contributed by atoms with Gasteiger partial charge in [-0.05, 0) is 62.6 Å². The second-order valence-electron chi connectivity index (χ2n) is 7.83. The molecule has 1 aliphatic heterocycles. The number of amides is 1. The van der Waals surface area contributed by atoms with Crippen LogP contribution in [0.4, 0.5) is 5.69 Å². The van der Waals surface area contributed by atoms with Gasteiger partial charge >= 0.3 is 0 Å². The monoisotopic (exact) mass is 368 g/mol. The van der Waals surface area contributed by atoms with E-state index in [9.17, 15) is 4.79 Å². The molecule has 1 heterocycles. The van der Waals surface area contributed by atoms with Crippen LogP contribution in [-0.2, 0) is 11.2 Å². The Labute approximate surface area is 159 Å². The van der Waals surface area contributed by atoms with Gasteiger partial charge in [0.1, 0.15) is 5.66 Å². The predicted molar refractivity (Wildman–Crippen MR) is 107 cm³/mol. The third kappa shape index (κ3) is 3.91. The number of nitrogens with zero attached hydrogens (tertiary/aromatic N) is 3. The van der Waals surface area contributed by atoms with Crippen molar-refractivity contribution < 1.29 is 4.79 Å². The number of benzene rings is 1. The number of carbonyl (C=O) groups excluding carboxylic acids is 1. The first-order valence-corrected chi connectivity index (χ1v) is 9.94. The van der Waals surface area contributed by atoms with Crippen molar-refractivity contribution in [2.75, 3.05) is 4.90 Å².